The average molecular weight is 364 g/mol. The number of hydrogen-bond acceptors (Lipinski definition) is 5. The molecule has 9 heteroatoms. The molecule has 26 heavy (non-hydrogen) atoms. The number of benzene rings is 1. The van der Waals surface area contributed by atoms with Gasteiger partial charge in [-0.05, 0) is 19.8 Å². The highest BCUT2D eigenvalue weighted by Gasteiger charge is 2.39. The van der Waals surface area contributed by atoms with E-state index in [0.29, 0.717) is 12.8 Å². The number of aromatic carboxylic acids is 1. The van der Waals surface area contributed by atoms with E-state index in [1.165, 1.54) is 9.47 Å². The number of carboxylic acid groups (broad SMARTS) is 1. The maximum Gasteiger partial charge on any atom is 0.341 e. The minimum absolute atomic E-state index is 0.139. The highest BCUT2D eigenvalue weighted by atomic mass is 19.1. The Bertz CT molecular complexity index is 1020. The van der Waals surface area contributed by atoms with Crippen LogP contribution in [0.2, 0.25) is 0 Å². The third-order valence-corrected chi connectivity index (χ3v) is 5.34. The van der Waals surface area contributed by atoms with Crippen LogP contribution in [0.25, 0.3) is 10.9 Å². The minimum atomic E-state index is -1.46. The molecular weight excluding hydrogens is 346 g/mol. The van der Waals surface area contributed by atoms with E-state index >= 15 is 4.39 Å². The molecular formula is C17H18F2N4O3. The van der Waals surface area contributed by atoms with Gasteiger partial charge in [-0.3, -0.25) is 4.79 Å². The zero-order valence-corrected chi connectivity index (χ0v) is 14.0. The van der Waals surface area contributed by atoms with Gasteiger partial charge in [0.1, 0.15) is 11.3 Å². The third kappa shape index (κ3) is 2.13. The topological polar surface area (TPSA) is 115 Å². The van der Waals surface area contributed by atoms with Crippen LogP contribution >= 0.6 is 0 Å². The fourth-order valence-electron chi connectivity index (χ4n) is 3.53. The third-order valence-electron chi connectivity index (χ3n) is 5.34. The van der Waals surface area contributed by atoms with E-state index < -0.39 is 39.7 Å². The smallest absolute Gasteiger partial charge is 0.341 e. The van der Waals surface area contributed by atoms with Crippen molar-refractivity contribution < 1.29 is 18.7 Å². The average Bonchev–Trinajstić information content (AvgIpc) is 3.43. The van der Waals surface area contributed by atoms with E-state index in [1.54, 1.807) is 6.92 Å². The first-order valence-electron chi connectivity index (χ1n) is 8.34. The van der Waals surface area contributed by atoms with E-state index in [1.807, 2.05) is 0 Å². The van der Waals surface area contributed by atoms with Crippen LogP contribution in [0.5, 0.6) is 0 Å². The Kier molecular flexibility index (Phi) is 3.49. The number of nitrogens with two attached hydrogens (primary N) is 2. The normalized spacial score (nSPS) is 22.5. The summed E-state index contributed by atoms with van der Waals surface area (Å²) < 4.78 is 31.6. The van der Waals surface area contributed by atoms with Crippen LogP contribution in [-0.4, -0.2) is 34.3 Å². The number of carboxylic acids is 1. The van der Waals surface area contributed by atoms with Crippen LogP contribution in [0.3, 0.4) is 0 Å². The van der Waals surface area contributed by atoms with E-state index in [0.717, 1.165) is 6.20 Å². The number of carbonyl (C=O) groups is 1. The molecule has 0 bridgehead atoms. The molecule has 2 heterocycles. The minimum Gasteiger partial charge on any atom is -0.477 e. The lowest BCUT2D eigenvalue weighted by Crippen LogP contribution is -2.63. The Balaban J connectivity index is 2.10. The fourth-order valence-corrected chi connectivity index (χ4v) is 3.53. The van der Waals surface area contributed by atoms with Crippen LogP contribution < -0.4 is 21.8 Å². The lowest BCUT2D eigenvalue weighted by Gasteiger charge is -2.46. The summed E-state index contributed by atoms with van der Waals surface area (Å²) in [5.41, 5.74) is 9.12. The molecule has 1 saturated heterocycles. The summed E-state index contributed by atoms with van der Waals surface area (Å²) in [6.45, 7) is 2.01. The van der Waals surface area contributed by atoms with E-state index in [2.05, 4.69) is 0 Å². The van der Waals surface area contributed by atoms with Gasteiger partial charge in [-0.15, -0.1) is 0 Å². The molecule has 7 nitrogen and oxygen atoms in total. The lowest BCUT2D eigenvalue weighted by atomic mass is 9.96. The van der Waals surface area contributed by atoms with E-state index in [-0.39, 0.29) is 35.9 Å². The quantitative estimate of drug-likeness (QED) is 0.710. The molecule has 138 valence electrons. The number of anilines is 2. The number of pyridine rings is 1. The predicted molar refractivity (Wildman–Crippen MR) is 92.6 cm³/mol. The number of hydrogen-bond donors (Lipinski definition) is 3. The number of nitrogens with zero attached hydrogens (tertiary/aromatic N) is 2. The van der Waals surface area contributed by atoms with Gasteiger partial charge in [0, 0.05) is 30.9 Å². The largest absolute Gasteiger partial charge is 0.477 e. The van der Waals surface area contributed by atoms with Crippen molar-refractivity contribution in [1.82, 2.24) is 4.57 Å². The van der Waals surface area contributed by atoms with Crippen molar-refractivity contribution in [3.05, 3.63) is 33.6 Å². The molecule has 0 radical (unpaired) electrons. The second-order valence-corrected chi connectivity index (χ2v) is 6.99. The molecule has 0 unspecified atom stereocenters. The number of rotatable bonds is 3. The van der Waals surface area contributed by atoms with Crippen molar-refractivity contribution >= 4 is 28.2 Å². The molecule has 1 saturated carbocycles. The predicted octanol–water partition coefficient (Wildman–Crippen LogP) is 1.43. The summed E-state index contributed by atoms with van der Waals surface area (Å²) >= 11 is 0. The molecule has 2 atom stereocenters. The van der Waals surface area contributed by atoms with Gasteiger partial charge in [-0.2, -0.15) is 0 Å². The number of halogens is 2. The van der Waals surface area contributed by atoms with Crippen LogP contribution in [0, 0.1) is 11.6 Å². The summed E-state index contributed by atoms with van der Waals surface area (Å²) in [6, 6.07) is -0.638. The Morgan fingerprint density at radius 1 is 1.31 bits per heavy atom. The molecule has 1 aromatic carbocycles. The molecule has 4 rings (SSSR count). The fraction of sp³-hybridized carbons (Fsp3) is 0.412. The summed E-state index contributed by atoms with van der Waals surface area (Å²) in [5, 5.41) is 8.85. The Hall–Kier alpha value is -2.68. The maximum absolute atomic E-state index is 15.4. The Labute approximate surface area is 146 Å². The van der Waals surface area contributed by atoms with Crippen LogP contribution in [0.4, 0.5) is 20.2 Å². The first kappa shape index (κ1) is 16.8. The molecule has 1 aliphatic heterocycles. The molecule has 1 aliphatic carbocycles. The van der Waals surface area contributed by atoms with Crippen molar-refractivity contribution in [3.8, 4) is 0 Å². The number of aromatic nitrogens is 1. The van der Waals surface area contributed by atoms with Gasteiger partial charge >= 0.3 is 5.97 Å². The van der Waals surface area contributed by atoms with Crippen LogP contribution in [0.1, 0.15) is 36.2 Å². The van der Waals surface area contributed by atoms with Crippen molar-refractivity contribution in [2.75, 3.05) is 17.2 Å². The monoisotopic (exact) mass is 364 g/mol. The number of fused-ring (bicyclic) bond motifs is 1. The highest BCUT2D eigenvalue weighted by molar-refractivity contribution is 6.00. The molecule has 2 aromatic rings. The van der Waals surface area contributed by atoms with Gasteiger partial charge in [0.2, 0.25) is 5.43 Å². The van der Waals surface area contributed by atoms with Crippen LogP contribution in [0.15, 0.2) is 11.0 Å². The summed E-state index contributed by atoms with van der Waals surface area (Å²) in [5.74, 6) is -3.43. The first-order valence-corrected chi connectivity index (χ1v) is 8.34. The van der Waals surface area contributed by atoms with Gasteiger partial charge in [-0.25, -0.2) is 13.6 Å². The van der Waals surface area contributed by atoms with Crippen molar-refractivity contribution in [2.24, 2.45) is 5.73 Å². The molecule has 2 aliphatic rings. The van der Waals surface area contributed by atoms with E-state index in [9.17, 15) is 19.1 Å². The van der Waals surface area contributed by atoms with Gasteiger partial charge in [0.25, 0.3) is 0 Å². The van der Waals surface area contributed by atoms with Crippen molar-refractivity contribution in [1.29, 1.82) is 0 Å². The summed E-state index contributed by atoms with van der Waals surface area (Å²) in [4.78, 5) is 25.4. The lowest BCUT2D eigenvalue weighted by molar-refractivity contribution is 0.0695. The zero-order chi connectivity index (χ0) is 18.9. The standard InChI is InChI=1S/C17H18F2N4O3/c1-6-9(20)5-22(6)15-11(18)13(21)10-14(12(15)19)23(7-2-3-7)4-8(16(10)24)17(25)26/h4,6-7,9H,2-3,5,20-21H2,1H3,(H,25,26)/t6-,9+/m0/s1. The second kappa shape index (κ2) is 5.41. The molecule has 2 fully saturated rings. The highest BCUT2D eigenvalue weighted by Crippen LogP contribution is 2.42. The second-order valence-electron chi connectivity index (χ2n) is 6.99. The van der Waals surface area contributed by atoms with Crippen molar-refractivity contribution in [2.45, 2.75) is 37.9 Å². The summed E-state index contributed by atoms with van der Waals surface area (Å²) in [7, 11) is 0. The Morgan fingerprint density at radius 3 is 2.46 bits per heavy atom. The van der Waals surface area contributed by atoms with Crippen molar-refractivity contribution in [3.63, 3.8) is 0 Å². The van der Waals surface area contributed by atoms with Gasteiger partial charge in [0.15, 0.2) is 11.6 Å². The SMILES string of the molecule is C[C@H]1[C@H](N)CN1c1c(F)c(N)c2c(=O)c(C(=O)O)cn(C3CC3)c2c1F. The molecule has 0 spiro atoms. The zero-order valence-electron chi connectivity index (χ0n) is 14.0. The van der Waals surface area contributed by atoms with Gasteiger partial charge in [0.05, 0.1) is 16.6 Å². The van der Waals surface area contributed by atoms with Gasteiger partial charge < -0.3 is 26.0 Å². The first-order chi connectivity index (χ1) is 12.2. The Morgan fingerprint density at radius 2 is 1.96 bits per heavy atom. The molecule has 5 N–H and O–H groups in total. The molecule has 0 amide bonds. The summed E-state index contributed by atoms with van der Waals surface area (Å²) in [6.07, 6.45) is 2.56. The van der Waals surface area contributed by atoms with Crippen LogP contribution in [-0.2, 0) is 0 Å². The van der Waals surface area contributed by atoms with E-state index in [4.69, 9.17) is 11.5 Å². The maximum atomic E-state index is 15.4. The molecule has 1 aromatic heterocycles. The number of nitrogen functional groups attached to an aromatic ring is 1. The van der Waals surface area contributed by atoms with Gasteiger partial charge in [-0.1, -0.05) is 0 Å².